The number of nitrogens with zero attached hydrogens (tertiary/aromatic N) is 2. The lowest BCUT2D eigenvalue weighted by Gasteiger charge is -2.23. The standard InChI is InChI=1S/C26H29N3O4S/c1-3-28(16-17-33-2)21-12-8-19(9-13-21)18-29-24-7-5-4-6-23(24)25(26(29)30)20-10-14-22(15-11-20)34(27,31)32/h4-15,25H,3,16-18H2,1-2H3,(H2,27,31,32). The molecule has 1 heterocycles. The van der Waals surface area contributed by atoms with Crippen molar-refractivity contribution in [1.29, 1.82) is 0 Å². The van der Waals surface area contributed by atoms with Crippen LogP contribution in [0.25, 0.3) is 0 Å². The maximum Gasteiger partial charge on any atom is 0.239 e. The zero-order valence-corrected chi connectivity index (χ0v) is 20.2. The molecule has 0 bridgehead atoms. The second-order valence-corrected chi connectivity index (χ2v) is 9.83. The van der Waals surface area contributed by atoms with Gasteiger partial charge in [-0.3, -0.25) is 4.79 Å². The van der Waals surface area contributed by atoms with E-state index >= 15 is 0 Å². The SMILES string of the molecule is CCN(CCOC)c1ccc(CN2C(=O)C(c3ccc(S(N)(=O)=O)cc3)c3ccccc32)cc1. The number of primary sulfonamides is 1. The van der Waals surface area contributed by atoms with Gasteiger partial charge in [-0.05, 0) is 53.9 Å². The third-order valence-electron chi connectivity index (χ3n) is 6.18. The van der Waals surface area contributed by atoms with E-state index in [4.69, 9.17) is 9.88 Å². The van der Waals surface area contributed by atoms with E-state index in [0.29, 0.717) is 13.2 Å². The van der Waals surface area contributed by atoms with Crippen LogP contribution in [0.5, 0.6) is 0 Å². The third-order valence-corrected chi connectivity index (χ3v) is 7.11. The first kappa shape index (κ1) is 23.9. The Kier molecular flexibility index (Phi) is 7.02. The number of para-hydroxylation sites is 1. The van der Waals surface area contributed by atoms with Crippen molar-refractivity contribution >= 4 is 27.3 Å². The summed E-state index contributed by atoms with van der Waals surface area (Å²) in [6.07, 6.45) is 0. The molecule has 3 aromatic carbocycles. The number of carbonyl (C=O) groups is 1. The molecule has 0 radical (unpaired) electrons. The molecule has 2 N–H and O–H groups in total. The van der Waals surface area contributed by atoms with E-state index in [2.05, 4.69) is 36.1 Å². The van der Waals surface area contributed by atoms with Gasteiger partial charge in [0.1, 0.15) is 0 Å². The number of anilines is 2. The molecule has 1 amide bonds. The first-order valence-corrected chi connectivity index (χ1v) is 12.7. The van der Waals surface area contributed by atoms with Gasteiger partial charge in [0.05, 0.1) is 24.0 Å². The summed E-state index contributed by atoms with van der Waals surface area (Å²) in [5, 5.41) is 5.22. The van der Waals surface area contributed by atoms with Gasteiger partial charge >= 0.3 is 0 Å². The highest BCUT2D eigenvalue weighted by Gasteiger charge is 2.38. The Morgan fingerprint density at radius 2 is 1.68 bits per heavy atom. The Morgan fingerprint density at radius 3 is 2.29 bits per heavy atom. The normalized spacial score (nSPS) is 15.4. The van der Waals surface area contributed by atoms with E-state index in [0.717, 1.165) is 41.2 Å². The highest BCUT2D eigenvalue weighted by atomic mass is 32.2. The minimum Gasteiger partial charge on any atom is -0.383 e. The molecule has 0 fully saturated rings. The molecule has 1 unspecified atom stereocenters. The number of fused-ring (bicyclic) bond motifs is 1. The summed E-state index contributed by atoms with van der Waals surface area (Å²) in [4.78, 5) is 17.6. The summed E-state index contributed by atoms with van der Waals surface area (Å²) in [7, 11) is -2.09. The van der Waals surface area contributed by atoms with Crippen molar-refractivity contribution in [2.45, 2.75) is 24.3 Å². The van der Waals surface area contributed by atoms with Crippen LogP contribution in [0.2, 0.25) is 0 Å². The molecule has 4 rings (SSSR count). The van der Waals surface area contributed by atoms with E-state index < -0.39 is 15.9 Å². The summed E-state index contributed by atoms with van der Waals surface area (Å²) in [6.45, 7) is 4.92. The van der Waals surface area contributed by atoms with Gasteiger partial charge in [-0.2, -0.15) is 0 Å². The summed E-state index contributed by atoms with van der Waals surface area (Å²) in [6, 6.07) is 22.2. The first-order valence-electron chi connectivity index (χ1n) is 11.2. The lowest BCUT2D eigenvalue weighted by atomic mass is 9.93. The van der Waals surface area contributed by atoms with Gasteiger partial charge in [-0.1, -0.05) is 42.5 Å². The van der Waals surface area contributed by atoms with Gasteiger partial charge < -0.3 is 14.5 Å². The van der Waals surface area contributed by atoms with E-state index in [1.165, 1.54) is 12.1 Å². The van der Waals surface area contributed by atoms with Crippen LogP contribution in [0.3, 0.4) is 0 Å². The molecule has 1 aliphatic heterocycles. The molecule has 34 heavy (non-hydrogen) atoms. The molecular formula is C26H29N3O4S. The number of nitrogens with two attached hydrogens (primary N) is 1. The van der Waals surface area contributed by atoms with Gasteiger partial charge in [-0.15, -0.1) is 0 Å². The zero-order chi connectivity index (χ0) is 24.3. The van der Waals surface area contributed by atoms with Crippen molar-refractivity contribution in [2.24, 2.45) is 5.14 Å². The summed E-state index contributed by atoms with van der Waals surface area (Å²) < 4.78 is 28.4. The highest BCUT2D eigenvalue weighted by molar-refractivity contribution is 7.89. The van der Waals surface area contributed by atoms with E-state index in [-0.39, 0.29) is 10.8 Å². The van der Waals surface area contributed by atoms with Crippen LogP contribution >= 0.6 is 0 Å². The number of benzene rings is 3. The van der Waals surface area contributed by atoms with Crippen LogP contribution in [0.4, 0.5) is 11.4 Å². The van der Waals surface area contributed by atoms with Crippen molar-refractivity contribution < 1.29 is 17.9 Å². The Labute approximate surface area is 200 Å². The number of amides is 1. The maximum atomic E-state index is 13.5. The minimum absolute atomic E-state index is 0.0264. The number of sulfonamides is 1. The number of rotatable bonds is 9. The Hall–Kier alpha value is -3.20. The summed E-state index contributed by atoms with van der Waals surface area (Å²) in [5.41, 5.74) is 4.65. The van der Waals surface area contributed by atoms with Crippen LogP contribution in [0.1, 0.15) is 29.5 Å². The fourth-order valence-corrected chi connectivity index (χ4v) is 4.90. The van der Waals surface area contributed by atoms with Crippen molar-refractivity contribution in [3.63, 3.8) is 0 Å². The van der Waals surface area contributed by atoms with Crippen LogP contribution in [0, 0.1) is 0 Å². The van der Waals surface area contributed by atoms with Crippen molar-refractivity contribution in [1.82, 2.24) is 0 Å². The van der Waals surface area contributed by atoms with Crippen LogP contribution in [-0.2, 0) is 26.1 Å². The van der Waals surface area contributed by atoms with Gasteiger partial charge in [0.25, 0.3) is 0 Å². The molecule has 3 aromatic rings. The van der Waals surface area contributed by atoms with Gasteiger partial charge in [-0.25, -0.2) is 13.6 Å². The smallest absolute Gasteiger partial charge is 0.239 e. The van der Waals surface area contributed by atoms with Crippen LogP contribution in [-0.4, -0.2) is 41.1 Å². The second-order valence-electron chi connectivity index (χ2n) is 8.27. The fourth-order valence-electron chi connectivity index (χ4n) is 4.39. The molecule has 0 aliphatic carbocycles. The van der Waals surface area contributed by atoms with E-state index in [9.17, 15) is 13.2 Å². The topological polar surface area (TPSA) is 92.9 Å². The molecule has 0 saturated heterocycles. The number of hydrogen-bond acceptors (Lipinski definition) is 5. The maximum absolute atomic E-state index is 13.5. The molecule has 7 nitrogen and oxygen atoms in total. The van der Waals surface area contributed by atoms with Crippen LogP contribution in [0.15, 0.2) is 77.7 Å². The molecule has 0 spiro atoms. The molecule has 0 aromatic heterocycles. The number of hydrogen-bond donors (Lipinski definition) is 1. The average molecular weight is 480 g/mol. The quantitative estimate of drug-likeness (QED) is 0.507. The predicted octanol–water partition coefficient (Wildman–Crippen LogP) is 3.49. The fraction of sp³-hybridized carbons (Fsp3) is 0.269. The highest BCUT2D eigenvalue weighted by Crippen LogP contribution is 2.42. The molecule has 0 saturated carbocycles. The second kappa shape index (κ2) is 9.97. The average Bonchev–Trinajstić information content (AvgIpc) is 3.11. The van der Waals surface area contributed by atoms with E-state index in [1.807, 2.05) is 24.3 Å². The number of carbonyl (C=O) groups excluding carboxylic acids is 1. The lowest BCUT2D eigenvalue weighted by Crippen LogP contribution is -2.29. The molecule has 8 heteroatoms. The van der Waals surface area contributed by atoms with Gasteiger partial charge in [0.2, 0.25) is 15.9 Å². The number of likely N-dealkylation sites (N-methyl/N-ethyl adjacent to an activating group) is 1. The number of methoxy groups -OCH3 is 1. The van der Waals surface area contributed by atoms with Crippen LogP contribution < -0.4 is 14.9 Å². The predicted molar refractivity (Wildman–Crippen MR) is 133 cm³/mol. The summed E-state index contributed by atoms with van der Waals surface area (Å²) >= 11 is 0. The lowest BCUT2D eigenvalue weighted by molar-refractivity contribution is -0.118. The minimum atomic E-state index is -3.79. The van der Waals surface area contributed by atoms with Crippen molar-refractivity contribution in [3.05, 3.63) is 89.5 Å². The molecule has 1 aliphatic rings. The Morgan fingerprint density at radius 1 is 1.00 bits per heavy atom. The first-order chi connectivity index (χ1) is 16.3. The Balaban J connectivity index is 1.58. The van der Waals surface area contributed by atoms with Gasteiger partial charge in [0, 0.05) is 31.6 Å². The van der Waals surface area contributed by atoms with Crippen molar-refractivity contribution in [3.8, 4) is 0 Å². The monoisotopic (exact) mass is 479 g/mol. The van der Waals surface area contributed by atoms with E-state index in [1.54, 1.807) is 24.1 Å². The zero-order valence-electron chi connectivity index (χ0n) is 19.3. The molecular weight excluding hydrogens is 450 g/mol. The van der Waals surface area contributed by atoms with Crippen molar-refractivity contribution in [2.75, 3.05) is 36.6 Å². The third kappa shape index (κ3) is 4.84. The Bertz CT molecular complexity index is 1260. The molecule has 1 atom stereocenters. The van der Waals surface area contributed by atoms with Gasteiger partial charge in [0.15, 0.2) is 0 Å². The molecule has 178 valence electrons. The summed E-state index contributed by atoms with van der Waals surface area (Å²) in [5.74, 6) is -0.529. The number of ether oxygens (including phenoxy) is 1. The largest absolute Gasteiger partial charge is 0.383 e.